The van der Waals surface area contributed by atoms with Crippen molar-refractivity contribution in [2.45, 2.75) is 6.92 Å². The minimum Gasteiger partial charge on any atom is -0.493 e. The Hall–Kier alpha value is -1.84. The second-order valence-corrected chi connectivity index (χ2v) is 4.56. The molecule has 0 aliphatic rings. The normalized spacial score (nSPS) is 10.3. The van der Waals surface area contributed by atoms with Crippen LogP contribution in [0.5, 0.6) is 11.5 Å². The maximum atomic E-state index is 11.0. The van der Waals surface area contributed by atoms with Crippen molar-refractivity contribution in [3.63, 3.8) is 0 Å². The molecule has 19 heavy (non-hydrogen) atoms. The molecule has 7 nitrogen and oxygen atoms in total. The summed E-state index contributed by atoms with van der Waals surface area (Å²) in [7, 11) is 1.48. The molecule has 0 amide bonds. The van der Waals surface area contributed by atoms with Gasteiger partial charge >= 0.3 is 5.97 Å². The smallest absolute Gasteiger partial charge is 0.308 e. The Balaban J connectivity index is 3.12. The summed E-state index contributed by atoms with van der Waals surface area (Å²) in [6.07, 6.45) is 1.46. The number of carbonyl (C=O) groups is 1. The number of guanidine groups is 1. The Labute approximate surface area is 123 Å². The largest absolute Gasteiger partial charge is 0.493 e. The second kappa shape index (κ2) is 6.92. The molecule has 0 unspecified atom stereocenters. The Morgan fingerprint density at radius 3 is 2.63 bits per heavy atom. The minimum absolute atomic E-state index is 0.130. The number of nitrogens with two attached hydrogens (primary N) is 2. The van der Waals surface area contributed by atoms with Crippen molar-refractivity contribution in [3.05, 3.63) is 21.3 Å². The Kier molecular flexibility index (Phi) is 5.55. The van der Waals surface area contributed by atoms with Crippen molar-refractivity contribution in [2.75, 3.05) is 7.11 Å². The number of benzene rings is 1. The molecule has 102 valence electrons. The van der Waals surface area contributed by atoms with Crippen molar-refractivity contribution < 1.29 is 14.3 Å². The Morgan fingerprint density at radius 1 is 1.42 bits per heavy atom. The summed E-state index contributed by atoms with van der Waals surface area (Å²) in [5.41, 5.74) is 11.0. The lowest BCUT2D eigenvalue weighted by Crippen LogP contribution is -2.21. The number of methoxy groups -OCH3 is 1. The van der Waals surface area contributed by atoms with Crippen molar-refractivity contribution in [1.29, 1.82) is 0 Å². The zero-order chi connectivity index (χ0) is 14.4. The molecule has 0 aliphatic carbocycles. The molecule has 0 aromatic heterocycles. The number of esters is 1. The van der Waals surface area contributed by atoms with Crippen LogP contribution in [-0.2, 0) is 4.79 Å². The van der Waals surface area contributed by atoms with Gasteiger partial charge in [-0.05, 0) is 40.3 Å². The summed E-state index contributed by atoms with van der Waals surface area (Å²) in [4.78, 5) is 11.0. The highest BCUT2D eigenvalue weighted by molar-refractivity contribution is 14.1. The molecule has 0 fully saturated rings. The fourth-order valence-corrected chi connectivity index (χ4v) is 1.95. The third-order valence-corrected chi connectivity index (χ3v) is 2.68. The maximum absolute atomic E-state index is 11.0. The zero-order valence-electron chi connectivity index (χ0n) is 10.4. The van der Waals surface area contributed by atoms with Gasteiger partial charge in [0.2, 0.25) is 5.96 Å². The summed E-state index contributed by atoms with van der Waals surface area (Å²) in [5.74, 6) is 0.246. The van der Waals surface area contributed by atoms with E-state index in [1.165, 1.54) is 20.2 Å². The minimum atomic E-state index is -0.418. The number of halogens is 1. The van der Waals surface area contributed by atoms with Gasteiger partial charge in [0.25, 0.3) is 0 Å². The lowest BCUT2D eigenvalue weighted by molar-refractivity contribution is -0.132. The van der Waals surface area contributed by atoms with Crippen molar-refractivity contribution in [1.82, 2.24) is 0 Å². The van der Waals surface area contributed by atoms with Crippen LogP contribution in [0, 0.1) is 3.57 Å². The molecule has 0 heterocycles. The number of carbonyl (C=O) groups excluding carboxylic acids is 1. The Bertz CT molecular complexity index is 539. The quantitative estimate of drug-likeness (QED) is 0.202. The maximum Gasteiger partial charge on any atom is 0.308 e. The average Bonchev–Trinajstić information content (AvgIpc) is 2.31. The molecule has 0 bridgehead atoms. The molecule has 1 aromatic carbocycles. The highest BCUT2D eigenvalue weighted by atomic mass is 127. The summed E-state index contributed by atoms with van der Waals surface area (Å²) in [5, 5.41) is 7.18. The van der Waals surface area contributed by atoms with E-state index in [-0.39, 0.29) is 5.96 Å². The van der Waals surface area contributed by atoms with Gasteiger partial charge in [-0.25, -0.2) is 0 Å². The Morgan fingerprint density at radius 2 is 2.11 bits per heavy atom. The van der Waals surface area contributed by atoms with E-state index in [0.717, 1.165) is 0 Å². The SMILES string of the molecule is COc1cc(C=NN=C(N)N)cc(I)c1OC(C)=O. The van der Waals surface area contributed by atoms with E-state index in [2.05, 4.69) is 10.2 Å². The highest BCUT2D eigenvalue weighted by Gasteiger charge is 2.12. The molecule has 8 heteroatoms. The van der Waals surface area contributed by atoms with Crippen LogP contribution < -0.4 is 20.9 Å². The molecule has 0 saturated carbocycles. The second-order valence-electron chi connectivity index (χ2n) is 3.40. The van der Waals surface area contributed by atoms with Crippen LogP contribution in [0.25, 0.3) is 0 Å². The van der Waals surface area contributed by atoms with Gasteiger partial charge in [0.05, 0.1) is 16.9 Å². The van der Waals surface area contributed by atoms with Gasteiger partial charge in [-0.1, -0.05) is 0 Å². The number of nitrogens with zero attached hydrogens (tertiary/aromatic N) is 2. The van der Waals surface area contributed by atoms with Gasteiger partial charge < -0.3 is 20.9 Å². The topological polar surface area (TPSA) is 112 Å². The van der Waals surface area contributed by atoms with Crippen LogP contribution in [0.4, 0.5) is 0 Å². The number of hydrogen-bond acceptors (Lipinski definition) is 5. The summed E-state index contributed by atoms with van der Waals surface area (Å²) >= 11 is 2.03. The van der Waals surface area contributed by atoms with E-state index in [4.69, 9.17) is 20.9 Å². The van der Waals surface area contributed by atoms with E-state index in [9.17, 15) is 4.79 Å². The van der Waals surface area contributed by atoms with E-state index in [1.54, 1.807) is 12.1 Å². The van der Waals surface area contributed by atoms with Gasteiger partial charge in [-0.2, -0.15) is 5.10 Å². The molecular weight excluding hydrogens is 363 g/mol. The van der Waals surface area contributed by atoms with Gasteiger partial charge in [0.1, 0.15) is 0 Å². The number of ether oxygens (including phenoxy) is 2. The molecule has 0 radical (unpaired) electrons. The first-order valence-corrected chi connectivity index (χ1v) is 6.20. The monoisotopic (exact) mass is 376 g/mol. The predicted molar refractivity (Wildman–Crippen MR) is 80.4 cm³/mol. The summed E-state index contributed by atoms with van der Waals surface area (Å²) in [6, 6.07) is 3.42. The highest BCUT2D eigenvalue weighted by Crippen LogP contribution is 2.33. The summed E-state index contributed by atoms with van der Waals surface area (Å²) < 4.78 is 11.0. The third kappa shape index (κ3) is 4.73. The fraction of sp³-hybridized carbons (Fsp3) is 0.182. The van der Waals surface area contributed by atoms with Crippen molar-refractivity contribution in [3.8, 4) is 11.5 Å². The van der Waals surface area contributed by atoms with E-state index >= 15 is 0 Å². The van der Waals surface area contributed by atoms with Crippen LogP contribution in [0.2, 0.25) is 0 Å². The van der Waals surface area contributed by atoms with Gasteiger partial charge in [0.15, 0.2) is 11.5 Å². The van der Waals surface area contributed by atoms with E-state index in [0.29, 0.717) is 20.6 Å². The van der Waals surface area contributed by atoms with Crippen LogP contribution in [0.3, 0.4) is 0 Å². The van der Waals surface area contributed by atoms with Crippen molar-refractivity contribution >= 4 is 40.7 Å². The number of hydrogen-bond donors (Lipinski definition) is 2. The first-order chi connectivity index (χ1) is 8.93. The number of rotatable bonds is 4. The first kappa shape index (κ1) is 15.2. The first-order valence-electron chi connectivity index (χ1n) is 5.12. The molecule has 0 saturated heterocycles. The molecule has 0 spiro atoms. The van der Waals surface area contributed by atoms with E-state index in [1.807, 2.05) is 22.6 Å². The zero-order valence-corrected chi connectivity index (χ0v) is 12.5. The molecule has 1 rings (SSSR count). The molecule has 1 aromatic rings. The third-order valence-electron chi connectivity index (χ3n) is 1.88. The summed E-state index contributed by atoms with van der Waals surface area (Å²) in [6.45, 7) is 1.32. The molecule has 0 atom stereocenters. The fourth-order valence-electron chi connectivity index (χ4n) is 1.22. The van der Waals surface area contributed by atoms with Gasteiger partial charge in [-0.3, -0.25) is 4.79 Å². The van der Waals surface area contributed by atoms with Crippen LogP contribution in [0.1, 0.15) is 12.5 Å². The van der Waals surface area contributed by atoms with Gasteiger partial charge in [0, 0.05) is 6.92 Å². The average molecular weight is 376 g/mol. The van der Waals surface area contributed by atoms with Crippen LogP contribution >= 0.6 is 22.6 Å². The standard InChI is InChI=1S/C11H13IN4O3/c1-6(17)19-10-8(12)3-7(4-9(10)18-2)5-15-16-11(13)14/h3-5H,1-2H3,(H4,13,14,16). The lowest BCUT2D eigenvalue weighted by atomic mass is 10.2. The lowest BCUT2D eigenvalue weighted by Gasteiger charge is -2.10. The van der Waals surface area contributed by atoms with Crippen LogP contribution in [0.15, 0.2) is 22.3 Å². The van der Waals surface area contributed by atoms with Crippen LogP contribution in [-0.4, -0.2) is 25.3 Å². The van der Waals surface area contributed by atoms with Gasteiger partial charge in [-0.15, -0.1) is 5.10 Å². The van der Waals surface area contributed by atoms with Crippen molar-refractivity contribution in [2.24, 2.45) is 21.7 Å². The molecule has 0 aliphatic heterocycles. The van der Waals surface area contributed by atoms with E-state index < -0.39 is 5.97 Å². The molecular formula is C11H13IN4O3. The molecule has 4 N–H and O–H groups in total. The predicted octanol–water partition coefficient (Wildman–Crippen LogP) is 0.832.